The van der Waals surface area contributed by atoms with Gasteiger partial charge in [0.2, 0.25) is 0 Å². The van der Waals surface area contributed by atoms with Gasteiger partial charge in [-0.3, -0.25) is 9.69 Å². The molecule has 0 aromatic heterocycles. The van der Waals surface area contributed by atoms with Crippen molar-refractivity contribution in [1.82, 2.24) is 10.2 Å². The maximum atomic E-state index is 12.5. The van der Waals surface area contributed by atoms with Gasteiger partial charge in [0.05, 0.1) is 25.4 Å². The summed E-state index contributed by atoms with van der Waals surface area (Å²) in [5.74, 6) is 1.35. The number of carbonyl (C=O) groups is 1. The third kappa shape index (κ3) is 4.32. The highest BCUT2D eigenvalue weighted by atomic mass is 16.5. The summed E-state index contributed by atoms with van der Waals surface area (Å²) in [6.45, 7) is 8.86. The van der Waals surface area contributed by atoms with Crippen LogP contribution >= 0.6 is 0 Å². The van der Waals surface area contributed by atoms with E-state index in [4.69, 9.17) is 14.2 Å². The SMILES string of the molecule is CCOc1cccc2c1OCC(C(=O)NC[C@@H](C)N1CCOCC1)=C2. The highest BCUT2D eigenvalue weighted by molar-refractivity contribution is 5.99. The summed E-state index contributed by atoms with van der Waals surface area (Å²) in [5, 5.41) is 3.02. The zero-order chi connectivity index (χ0) is 17.6. The molecule has 2 heterocycles. The first-order chi connectivity index (χ1) is 12.2. The molecule has 25 heavy (non-hydrogen) atoms. The van der Waals surface area contributed by atoms with Crippen LogP contribution in [-0.2, 0) is 9.53 Å². The molecule has 136 valence electrons. The van der Waals surface area contributed by atoms with Crippen LogP contribution in [0.1, 0.15) is 19.4 Å². The minimum absolute atomic E-state index is 0.0763. The van der Waals surface area contributed by atoms with E-state index in [0.29, 0.717) is 24.5 Å². The molecule has 1 N–H and O–H groups in total. The Balaban J connectivity index is 1.60. The van der Waals surface area contributed by atoms with Crippen LogP contribution in [0, 0.1) is 0 Å². The number of carbonyl (C=O) groups excluding carboxylic acids is 1. The summed E-state index contributed by atoms with van der Waals surface area (Å²) >= 11 is 0. The van der Waals surface area contributed by atoms with E-state index < -0.39 is 0 Å². The Morgan fingerprint density at radius 1 is 1.36 bits per heavy atom. The molecule has 1 atom stereocenters. The number of ether oxygens (including phenoxy) is 3. The van der Waals surface area contributed by atoms with Crippen molar-refractivity contribution in [1.29, 1.82) is 0 Å². The lowest BCUT2D eigenvalue weighted by Gasteiger charge is -2.32. The van der Waals surface area contributed by atoms with Crippen LogP contribution in [0.2, 0.25) is 0 Å². The first kappa shape index (κ1) is 17.8. The molecule has 1 aromatic carbocycles. The average Bonchev–Trinajstić information content (AvgIpc) is 2.66. The fraction of sp³-hybridized carbons (Fsp3) is 0.526. The summed E-state index contributed by atoms with van der Waals surface area (Å²) in [4.78, 5) is 14.8. The molecule has 2 aliphatic rings. The van der Waals surface area contributed by atoms with E-state index in [2.05, 4.69) is 17.1 Å². The first-order valence-electron chi connectivity index (χ1n) is 8.88. The Bertz CT molecular complexity index is 638. The molecule has 1 amide bonds. The van der Waals surface area contributed by atoms with E-state index in [0.717, 1.165) is 37.6 Å². The van der Waals surface area contributed by atoms with Gasteiger partial charge in [0.25, 0.3) is 5.91 Å². The van der Waals surface area contributed by atoms with Crippen LogP contribution in [0.3, 0.4) is 0 Å². The normalized spacial score (nSPS) is 18.6. The molecule has 1 fully saturated rings. The highest BCUT2D eigenvalue weighted by Gasteiger charge is 2.22. The molecule has 0 aliphatic carbocycles. The predicted molar refractivity (Wildman–Crippen MR) is 95.9 cm³/mol. The molecule has 0 bridgehead atoms. The van der Waals surface area contributed by atoms with Gasteiger partial charge in [-0.25, -0.2) is 0 Å². The van der Waals surface area contributed by atoms with Gasteiger partial charge in [0, 0.05) is 31.2 Å². The molecule has 2 aliphatic heterocycles. The summed E-state index contributed by atoms with van der Waals surface area (Å²) in [6, 6.07) is 6.01. The van der Waals surface area contributed by atoms with E-state index >= 15 is 0 Å². The van der Waals surface area contributed by atoms with Crippen molar-refractivity contribution in [3.63, 3.8) is 0 Å². The number of nitrogens with zero attached hydrogens (tertiary/aromatic N) is 1. The quantitative estimate of drug-likeness (QED) is 0.850. The van der Waals surface area contributed by atoms with Crippen molar-refractivity contribution in [2.24, 2.45) is 0 Å². The molecular weight excluding hydrogens is 320 g/mol. The zero-order valence-electron chi connectivity index (χ0n) is 14.9. The molecule has 6 nitrogen and oxygen atoms in total. The summed E-state index contributed by atoms with van der Waals surface area (Å²) in [6.07, 6.45) is 1.89. The number of nitrogens with one attached hydrogen (secondary N) is 1. The Morgan fingerprint density at radius 2 is 2.16 bits per heavy atom. The van der Waals surface area contributed by atoms with Gasteiger partial charge in [-0.15, -0.1) is 0 Å². The second-order valence-electron chi connectivity index (χ2n) is 6.27. The topological polar surface area (TPSA) is 60.0 Å². The van der Waals surface area contributed by atoms with Crippen LogP contribution in [-0.4, -0.2) is 62.9 Å². The largest absolute Gasteiger partial charge is 0.490 e. The van der Waals surface area contributed by atoms with Gasteiger partial charge < -0.3 is 19.5 Å². The minimum atomic E-state index is -0.0763. The third-order valence-corrected chi connectivity index (χ3v) is 4.53. The van der Waals surface area contributed by atoms with E-state index in [9.17, 15) is 4.79 Å². The smallest absolute Gasteiger partial charge is 0.250 e. The van der Waals surface area contributed by atoms with Gasteiger partial charge in [-0.05, 0) is 26.0 Å². The fourth-order valence-corrected chi connectivity index (χ4v) is 3.08. The van der Waals surface area contributed by atoms with E-state index in [-0.39, 0.29) is 18.6 Å². The van der Waals surface area contributed by atoms with E-state index in [1.54, 1.807) is 0 Å². The standard InChI is InChI=1S/C19H26N2O4/c1-3-24-17-6-4-5-15-11-16(13-25-18(15)17)19(22)20-12-14(2)21-7-9-23-10-8-21/h4-6,11,14H,3,7-10,12-13H2,1-2H3,(H,20,22)/t14-/m1/s1. The second-order valence-corrected chi connectivity index (χ2v) is 6.27. The van der Waals surface area contributed by atoms with Crippen LogP contribution in [0.15, 0.2) is 23.8 Å². The lowest BCUT2D eigenvalue weighted by molar-refractivity contribution is -0.118. The Labute approximate surface area is 148 Å². The lowest BCUT2D eigenvalue weighted by Crippen LogP contribution is -2.47. The molecule has 0 spiro atoms. The molecule has 3 rings (SSSR count). The highest BCUT2D eigenvalue weighted by Crippen LogP contribution is 2.35. The van der Waals surface area contributed by atoms with Crippen molar-refractivity contribution in [3.05, 3.63) is 29.3 Å². The molecule has 0 radical (unpaired) electrons. The Morgan fingerprint density at radius 3 is 2.92 bits per heavy atom. The van der Waals surface area contributed by atoms with Gasteiger partial charge in [0.15, 0.2) is 11.5 Å². The van der Waals surface area contributed by atoms with Crippen LogP contribution < -0.4 is 14.8 Å². The number of fused-ring (bicyclic) bond motifs is 1. The van der Waals surface area contributed by atoms with E-state index in [1.807, 2.05) is 31.2 Å². The first-order valence-corrected chi connectivity index (χ1v) is 8.88. The average molecular weight is 346 g/mol. The number of hydrogen-bond donors (Lipinski definition) is 1. The van der Waals surface area contributed by atoms with Crippen molar-refractivity contribution < 1.29 is 19.0 Å². The third-order valence-electron chi connectivity index (χ3n) is 4.53. The Kier molecular flexibility index (Phi) is 5.94. The molecule has 1 saturated heterocycles. The molecule has 0 unspecified atom stereocenters. The van der Waals surface area contributed by atoms with Crippen LogP contribution in [0.25, 0.3) is 6.08 Å². The summed E-state index contributed by atoms with van der Waals surface area (Å²) in [5.41, 5.74) is 1.51. The Hall–Kier alpha value is -2.05. The number of morpholine rings is 1. The van der Waals surface area contributed by atoms with Gasteiger partial charge in [0.1, 0.15) is 6.61 Å². The molecule has 6 heteroatoms. The van der Waals surface area contributed by atoms with Crippen LogP contribution in [0.4, 0.5) is 0 Å². The summed E-state index contributed by atoms with van der Waals surface area (Å²) < 4.78 is 16.7. The monoisotopic (exact) mass is 346 g/mol. The maximum absolute atomic E-state index is 12.5. The van der Waals surface area contributed by atoms with Gasteiger partial charge in [-0.1, -0.05) is 12.1 Å². The molecule has 0 saturated carbocycles. The maximum Gasteiger partial charge on any atom is 0.250 e. The van der Waals surface area contributed by atoms with Crippen molar-refractivity contribution in [2.45, 2.75) is 19.9 Å². The number of benzene rings is 1. The van der Waals surface area contributed by atoms with Crippen molar-refractivity contribution >= 4 is 12.0 Å². The second kappa shape index (κ2) is 8.36. The predicted octanol–water partition coefficient (Wildman–Crippen LogP) is 1.70. The zero-order valence-corrected chi connectivity index (χ0v) is 14.9. The number of amides is 1. The molecule has 1 aromatic rings. The number of rotatable bonds is 6. The minimum Gasteiger partial charge on any atom is -0.490 e. The fourth-order valence-electron chi connectivity index (χ4n) is 3.08. The van der Waals surface area contributed by atoms with Crippen LogP contribution in [0.5, 0.6) is 11.5 Å². The van der Waals surface area contributed by atoms with Gasteiger partial charge >= 0.3 is 0 Å². The van der Waals surface area contributed by atoms with Crippen molar-refractivity contribution in [3.8, 4) is 11.5 Å². The van der Waals surface area contributed by atoms with E-state index in [1.165, 1.54) is 0 Å². The van der Waals surface area contributed by atoms with Crippen molar-refractivity contribution in [2.75, 3.05) is 46.1 Å². The summed E-state index contributed by atoms with van der Waals surface area (Å²) in [7, 11) is 0. The number of hydrogen-bond acceptors (Lipinski definition) is 5. The van der Waals surface area contributed by atoms with Gasteiger partial charge in [-0.2, -0.15) is 0 Å². The molecular formula is C19H26N2O4. The lowest BCUT2D eigenvalue weighted by atomic mass is 10.1. The number of para-hydroxylation sites is 1.